The van der Waals surface area contributed by atoms with Crippen molar-refractivity contribution >= 4 is 17.3 Å². The van der Waals surface area contributed by atoms with Gasteiger partial charge in [-0.15, -0.1) is 0 Å². The van der Waals surface area contributed by atoms with Crippen LogP contribution in [-0.4, -0.2) is 37.9 Å². The first-order valence-corrected chi connectivity index (χ1v) is 6.98. The van der Waals surface area contributed by atoms with Crippen LogP contribution in [0.4, 0.5) is 11.4 Å². The average Bonchev–Trinajstić information content (AvgIpc) is 2.37. The molecule has 0 bridgehead atoms. The topological polar surface area (TPSA) is 64.8 Å². The zero-order chi connectivity index (χ0) is 14.7. The number of nitrogens with two attached hydrogens (primary N) is 1. The number of hydrogen-bond donors (Lipinski definition) is 1. The van der Waals surface area contributed by atoms with Crippen LogP contribution in [0.15, 0.2) is 18.2 Å². The van der Waals surface area contributed by atoms with Crippen molar-refractivity contribution < 1.29 is 14.3 Å². The van der Waals surface area contributed by atoms with Gasteiger partial charge in [-0.1, -0.05) is 0 Å². The normalized spacial score (nSPS) is 22.6. The van der Waals surface area contributed by atoms with Crippen LogP contribution in [0.25, 0.3) is 0 Å². The standard InChI is InChI=1S/C15H22N2O3/c1-4-19-15(18)13-7-12(16)5-6-14(13)17-8-10(2)20-11(3)9-17/h5-7,10-11H,4,8-9,16H2,1-3H3/t10-,11-/m0/s1. The number of rotatable bonds is 3. The molecule has 110 valence electrons. The van der Waals surface area contributed by atoms with Crippen LogP contribution in [0, 0.1) is 0 Å². The van der Waals surface area contributed by atoms with Crippen LogP contribution in [0.5, 0.6) is 0 Å². The van der Waals surface area contributed by atoms with Crippen molar-refractivity contribution in [3.8, 4) is 0 Å². The third kappa shape index (κ3) is 3.22. The zero-order valence-corrected chi connectivity index (χ0v) is 12.3. The summed E-state index contributed by atoms with van der Waals surface area (Å²) < 4.78 is 10.8. The van der Waals surface area contributed by atoms with E-state index in [1.165, 1.54) is 0 Å². The summed E-state index contributed by atoms with van der Waals surface area (Å²) >= 11 is 0. The molecule has 1 aromatic carbocycles. The largest absolute Gasteiger partial charge is 0.462 e. The quantitative estimate of drug-likeness (QED) is 0.677. The van der Waals surface area contributed by atoms with Crippen LogP contribution in [0.3, 0.4) is 0 Å². The fraction of sp³-hybridized carbons (Fsp3) is 0.533. The number of nitrogens with zero attached hydrogens (tertiary/aromatic N) is 1. The molecule has 2 N–H and O–H groups in total. The predicted molar refractivity (Wildman–Crippen MR) is 79.0 cm³/mol. The molecule has 1 heterocycles. The predicted octanol–water partition coefficient (Wildman–Crippen LogP) is 2.06. The molecule has 0 spiro atoms. The maximum absolute atomic E-state index is 12.1. The van der Waals surface area contributed by atoms with Gasteiger partial charge < -0.3 is 20.1 Å². The van der Waals surface area contributed by atoms with Gasteiger partial charge in [0.15, 0.2) is 0 Å². The van der Waals surface area contributed by atoms with E-state index in [0.717, 1.165) is 18.8 Å². The van der Waals surface area contributed by atoms with E-state index in [0.29, 0.717) is 17.9 Å². The summed E-state index contributed by atoms with van der Waals surface area (Å²) in [4.78, 5) is 14.2. The highest BCUT2D eigenvalue weighted by molar-refractivity contribution is 5.97. The Morgan fingerprint density at radius 3 is 2.65 bits per heavy atom. The molecule has 0 saturated carbocycles. The highest BCUT2D eigenvalue weighted by atomic mass is 16.5. The van der Waals surface area contributed by atoms with E-state index in [9.17, 15) is 4.79 Å². The number of morpholine rings is 1. The highest BCUT2D eigenvalue weighted by Gasteiger charge is 2.26. The molecule has 5 heteroatoms. The van der Waals surface area contributed by atoms with Gasteiger partial charge in [-0.2, -0.15) is 0 Å². The molecule has 2 atom stereocenters. The van der Waals surface area contributed by atoms with E-state index in [1.54, 1.807) is 13.0 Å². The van der Waals surface area contributed by atoms with Crippen molar-refractivity contribution in [1.82, 2.24) is 0 Å². The summed E-state index contributed by atoms with van der Waals surface area (Å²) in [5.41, 5.74) is 7.74. The Kier molecular flexibility index (Phi) is 4.49. The highest BCUT2D eigenvalue weighted by Crippen LogP contribution is 2.27. The van der Waals surface area contributed by atoms with E-state index >= 15 is 0 Å². The third-order valence-electron chi connectivity index (χ3n) is 3.28. The number of ether oxygens (including phenoxy) is 2. The molecule has 0 aromatic heterocycles. The van der Waals surface area contributed by atoms with Gasteiger partial charge in [-0.3, -0.25) is 0 Å². The summed E-state index contributed by atoms with van der Waals surface area (Å²) in [6.07, 6.45) is 0.262. The number of benzene rings is 1. The van der Waals surface area contributed by atoms with Crippen LogP contribution >= 0.6 is 0 Å². The Bertz CT molecular complexity index is 480. The summed E-state index contributed by atoms with van der Waals surface area (Å²) in [6.45, 7) is 7.71. The summed E-state index contributed by atoms with van der Waals surface area (Å²) in [6, 6.07) is 5.37. The maximum Gasteiger partial charge on any atom is 0.340 e. The Labute approximate surface area is 119 Å². The molecule has 20 heavy (non-hydrogen) atoms. The van der Waals surface area contributed by atoms with E-state index in [2.05, 4.69) is 4.90 Å². The van der Waals surface area contributed by atoms with E-state index in [4.69, 9.17) is 15.2 Å². The molecule has 0 amide bonds. The molecule has 5 nitrogen and oxygen atoms in total. The lowest BCUT2D eigenvalue weighted by Crippen LogP contribution is -2.46. The van der Waals surface area contributed by atoms with Gasteiger partial charge in [0.1, 0.15) is 0 Å². The van der Waals surface area contributed by atoms with Gasteiger partial charge >= 0.3 is 5.97 Å². The SMILES string of the molecule is CCOC(=O)c1cc(N)ccc1N1C[C@H](C)O[C@@H](C)C1. The lowest BCUT2D eigenvalue weighted by atomic mass is 10.1. The van der Waals surface area contributed by atoms with E-state index in [1.807, 2.05) is 26.0 Å². The monoisotopic (exact) mass is 278 g/mol. The fourth-order valence-electron chi connectivity index (χ4n) is 2.58. The minimum absolute atomic E-state index is 0.131. The number of anilines is 2. The molecule has 1 aromatic rings. The first kappa shape index (κ1) is 14.7. The van der Waals surface area contributed by atoms with Crippen molar-refractivity contribution in [3.05, 3.63) is 23.8 Å². The fourth-order valence-corrected chi connectivity index (χ4v) is 2.58. The van der Waals surface area contributed by atoms with Crippen LogP contribution < -0.4 is 10.6 Å². The van der Waals surface area contributed by atoms with Gasteiger partial charge in [-0.05, 0) is 39.0 Å². The third-order valence-corrected chi connectivity index (χ3v) is 3.28. The van der Waals surface area contributed by atoms with Crippen molar-refractivity contribution in [3.63, 3.8) is 0 Å². The molecule has 1 aliphatic rings. The number of carbonyl (C=O) groups is 1. The number of esters is 1. The van der Waals surface area contributed by atoms with E-state index < -0.39 is 0 Å². The molecule has 1 saturated heterocycles. The van der Waals surface area contributed by atoms with Gasteiger partial charge in [0.25, 0.3) is 0 Å². The van der Waals surface area contributed by atoms with Crippen molar-refractivity contribution in [2.45, 2.75) is 33.0 Å². The van der Waals surface area contributed by atoms with Crippen LogP contribution in [0.1, 0.15) is 31.1 Å². The average molecular weight is 278 g/mol. The molecule has 0 radical (unpaired) electrons. The molecule has 0 aliphatic carbocycles. The molecule has 0 unspecified atom stereocenters. The summed E-state index contributed by atoms with van der Waals surface area (Å²) in [5, 5.41) is 0. The first-order valence-electron chi connectivity index (χ1n) is 6.98. The maximum atomic E-state index is 12.1. The van der Waals surface area contributed by atoms with Crippen molar-refractivity contribution in [1.29, 1.82) is 0 Å². The first-order chi connectivity index (χ1) is 9.51. The summed E-state index contributed by atoms with van der Waals surface area (Å²) in [7, 11) is 0. The lowest BCUT2D eigenvalue weighted by Gasteiger charge is -2.37. The Hall–Kier alpha value is -1.75. The number of nitrogen functional groups attached to an aromatic ring is 1. The van der Waals surface area contributed by atoms with Crippen molar-refractivity contribution in [2.75, 3.05) is 30.3 Å². The minimum Gasteiger partial charge on any atom is -0.462 e. The van der Waals surface area contributed by atoms with Crippen LogP contribution in [0.2, 0.25) is 0 Å². The molecular weight excluding hydrogens is 256 g/mol. The Morgan fingerprint density at radius 2 is 2.05 bits per heavy atom. The van der Waals surface area contributed by atoms with Crippen LogP contribution in [-0.2, 0) is 9.47 Å². The molecule has 2 rings (SSSR count). The summed E-state index contributed by atoms with van der Waals surface area (Å²) in [5.74, 6) is -0.332. The minimum atomic E-state index is -0.332. The number of carbonyl (C=O) groups excluding carboxylic acids is 1. The van der Waals surface area contributed by atoms with E-state index in [-0.39, 0.29) is 18.2 Å². The smallest absolute Gasteiger partial charge is 0.340 e. The molecule has 1 fully saturated rings. The lowest BCUT2D eigenvalue weighted by molar-refractivity contribution is -0.00535. The van der Waals surface area contributed by atoms with Gasteiger partial charge in [0.05, 0.1) is 30.1 Å². The second-order valence-electron chi connectivity index (χ2n) is 5.16. The zero-order valence-electron chi connectivity index (χ0n) is 12.3. The van der Waals surface area contributed by atoms with Gasteiger partial charge in [0, 0.05) is 18.8 Å². The van der Waals surface area contributed by atoms with Gasteiger partial charge in [-0.25, -0.2) is 4.79 Å². The Balaban J connectivity index is 2.32. The molecular formula is C15H22N2O3. The second kappa shape index (κ2) is 6.13. The van der Waals surface area contributed by atoms with Crippen molar-refractivity contribution in [2.24, 2.45) is 0 Å². The molecule has 1 aliphatic heterocycles. The number of hydrogen-bond acceptors (Lipinski definition) is 5. The second-order valence-corrected chi connectivity index (χ2v) is 5.16. The Morgan fingerprint density at radius 1 is 1.40 bits per heavy atom. The van der Waals surface area contributed by atoms with Gasteiger partial charge in [0.2, 0.25) is 0 Å².